The number of carbonyl (C=O) groups excluding carboxylic acids is 1. The zero-order chi connectivity index (χ0) is 61.2. The molecule has 0 heterocycles. The number of amides is 1. The van der Waals surface area contributed by atoms with Crippen LogP contribution >= 0.6 is 7.82 Å². The average Bonchev–Trinajstić information content (AvgIpc) is 3.56. The van der Waals surface area contributed by atoms with Crippen molar-refractivity contribution in [1.29, 1.82) is 0 Å². The Hall–Kier alpha value is -2.58. The average molecular weight is 1190 g/mol. The summed E-state index contributed by atoms with van der Waals surface area (Å²) in [5.41, 5.74) is 0. The van der Waals surface area contributed by atoms with Crippen LogP contribution in [-0.2, 0) is 18.4 Å². The first-order valence-electron chi connectivity index (χ1n) is 35.6. The highest BCUT2D eigenvalue weighted by Gasteiger charge is 2.23. The Morgan fingerprint density at radius 1 is 0.429 bits per heavy atom. The van der Waals surface area contributed by atoms with Crippen molar-refractivity contribution >= 4 is 13.7 Å². The summed E-state index contributed by atoms with van der Waals surface area (Å²) in [6.45, 7) is 4.55. The van der Waals surface area contributed by atoms with Crippen LogP contribution < -0.4 is 10.2 Å². The van der Waals surface area contributed by atoms with E-state index in [-0.39, 0.29) is 12.5 Å². The van der Waals surface area contributed by atoms with Crippen LogP contribution in [0, 0.1) is 0 Å². The van der Waals surface area contributed by atoms with E-state index in [1.165, 1.54) is 225 Å². The molecule has 0 aliphatic carbocycles. The normalized spacial score (nSPS) is 14.2. The van der Waals surface area contributed by atoms with Crippen molar-refractivity contribution in [3.05, 3.63) is 97.2 Å². The van der Waals surface area contributed by atoms with Gasteiger partial charge in [-0.3, -0.25) is 9.36 Å². The molecule has 3 unspecified atom stereocenters. The molecule has 0 saturated heterocycles. The number of phosphoric ester groups is 1. The first-order valence-corrected chi connectivity index (χ1v) is 37.1. The fourth-order valence-electron chi connectivity index (χ4n) is 10.3. The maximum Gasteiger partial charge on any atom is 0.268 e. The predicted molar refractivity (Wildman–Crippen MR) is 366 cm³/mol. The van der Waals surface area contributed by atoms with Crippen molar-refractivity contribution in [2.24, 2.45) is 0 Å². The van der Waals surface area contributed by atoms with Crippen molar-refractivity contribution in [1.82, 2.24) is 5.32 Å². The Balaban J connectivity index is 4.09. The fourth-order valence-corrected chi connectivity index (χ4v) is 11.0. The second kappa shape index (κ2) is 64.9. The third-order valence-corrected chi connectivity index (χ3v) is 16.7. The summed E-state index contributed by atoms with van der Waals surface area (Å²) >= 11 is 0. The van der Waals surface area contributed by atoms with Crippen LogP contribution in [0.5, 0.6) is 0 Å². The van der Waals surface area contributed by atoms with E-state index in [0.717, 1.165) is 77.0 Å². The highest BCUT2D eigenvalue weighted by atomic mass is 31.2. The lowest BCUT2D eigenvalue weighted by atomic mass is 10.0. The van der Waals surface area contributed by atoms with Gasteiger partial charge in [-0.15, -0.1) is 0 Å². The summed E-state index contributed by atoms with van der Waals surface area (Å²) < 4.78 is 23.4. The van der Waals surface area contributed by atoms with E-state index >= 15 is 0 Å². The van der Waals surface area contributed by atoms with Gasteiger partial charge < -0.3 is 28.8 Å². The number of unbranched alkanes of at least 4 members (excludes halogenated alkanes) is 38. The number of rotatable bonds is 65. The van der Waals surface area contributed by atoms with Crippen LogP contribution in [0.25, 0.3) is 0 Å². The van der Waals surface area contributed by atoms with Crippen LogP contribution in [0.4, 0.5) is 0 Å². The number of likely N-dealkylation sites (N-methyl/N-ethyl adjacent to an activating group) is 1. The molecule has 0 bridgehead atoms. The van der Waals surface area contributed by atoms with Crippen LogP contribution in [0.1, 0.15) is 322 Å². The molecular formula is C75H137N2O6P. The second-order valence-electron chi connectivity index (χ2n) is 25.2. The number of hydrogen-bond donors (Lipinski definition) is 2. The summed E-state index contributed by atoms with van der Waals surface area (Å²) in [5.74, 6) is -0.206. The Morgan fingerprint density at radius 2 is 0.738 bits per heavy atom. The topological polar surface area (TPSA) is 108 Å². The van der Waals surface area contributed by atoms with E-state index in [4.69, 9.17) is 9.05 Å². The molecule has 9 heteroatoms. The summed E-state index contributed by atoms with van der Waals surface area (Å²) in [6, 6.07) is -0.909. The highest BCUT2D eigenvalue weighted by Crippen LogP contribution is 2.38. The Labute approximate surface area is 521 Å². The van der Waals surface area contributed by atoms with Crippen LogP contribution in [-0.4, -0.2) is 68.5 Å². The van der Waals surface area contributed by atoms with Crippen molar-refractivity contribution in [3.63, 3.8) is 0 Å². The Morgan fingerprint density at radius 3 is 1.11 bits per heavy atom. The van der Waals surface area contributed by atoms with Crippen LogP contribution in [0.2, 0.25) is 0 Å². The lowest BCUT2D eigenvalue weighted by Crippen LogP contribution is -2.45. The molecular weight excluding hydrogens is 1060 g/mol. The number of quaternary nitrogens is 1. The van der Waals surface area contributed by atoms with Gasteiger partial charge in [0.05, 0.1) is 39.9 Å². The van der Waals surface area contributed by atoms with E-state index in [2.05, 4.69) is 104 Å². The molecule has 0 radical (unpaired) electrons. The highest BCUT2D eigenvalue weighted by molar-refractivity contribution is 7.45. The lowest BCUT2D eigenvalue weighted by Gasteiger charge is -2.29. The van der Waals surface area contributed by atoms with Gasteiger partial charge in [0.15, 0.2) is 0 Å². The van der Waals surface area contributed by atoms with Crippen molar-refractivity contribution in [2.75, 3.05) is 40.9 Å². The molecule has 0 aromatic carbocycles. The van der Waals surface area contributed by atoms with Gasteiger partial charge >= 0.3 is 0 Å². The molecule has 84 heavy (non-hydrogen) atoms. The quantitative estimate of drug-likeness (QED) is 0.0272. The third-order valence-electron chi connectivity index (χ3n) is 15.8. The van der Waals surface area contributed by atoms with E-state index in [0.29, 0.717) is 17.4 Å². The molecule has 0 spiro atoms. The van der Waals surface area contributed by atoms with Crippen LogP contribution in [0.3, 0.4) is 0 Å². The number of aliphatic hydroxyl groups is 1. The summed E-state index contributed by atoms with van der Waals surface area (Å²) in [7, 11) is 1.25. The number of allylic oxidation sites excluding steroid dienone is 15. The van der Waals surface area contributed by atoms with Crippen molar-refractivity contribution in [3.8, 4) is 0 Å². The second-order valence-corrected chi connectivity index (χ2v) is 26.6. The zero-order valence-corrected chi connectivity index (χ0v) is 56.7. The Kier molecular flexibility index (Phi) is 62.9. The molecule has 0 aromatic heterocycles. The maximum atomic E-state index is 13.0. The SMILES string of the molecule is CC/C=C\C/C=C\C/C=C\C/C=C\C/C=C\C/C=C\CCCCCCCCCCCCCCCCCCC(=O)NC(COP(=O)([O-])OCC[N+](C)(C)C)C(O)/C=C/CC/C=C/CCCCCCCCCCCCCCCCCCCCCCC. The molecule has 0 fully saturated rings. The minimum atomic E-state index is -4.62. The largest absolute Gasteiger partial charge is 0.756 e. The molecule has 0 saturated carbocycles. The number of aliphatic hydroxyl groups excluding tert-OH is 1. The number of hydrogen-bond acceptors (Lipinski definition) is 6. The van der Waals surface area contributed by atoms with Crippen molar-refractivity contribution < 1.29 is 32.9 Å². The van der Waals surface area contributed by atoms with E-state index < -0.39 is 26.6 Å². The molecule has 0 aliphatic rings. The number of phosphoric acid groups is 1. The molecule has 1 amide bonds. The van der Waals surface area contributed by atoms with Gasteiger partial charge in [0.25, 0.3) is 7.82 Å². The zero-order valence-electron chi connectivity index (χ0n) is 55.8. The van der Waals surface area contributed by atoms with E-state index in [1.807, 2.05) is 27.2 Å². The first-order chi connectivity index (χ1) is 41.0. The van der Waals surface area contributed by atoms with Gasteiger partial charge in [0.2, 0.25) is 5.91 Å². The first kappa shape index (κ1) is 81.4. The number of nitrogens with one attached hydrogen (secondary N) is 1. The fraction of sp³-hybridized carbons (Fsp3) is 0.773. The van der Waals surface area contributed by atoms with Gasteiger partial charge in [-0.25, -0.2) is 0 Å². The van der Waals surface area contributed by atoms with Gasteiger partial charge in [0.1, 0.15) is 13.2 Å². The van der Waals surface area contributed by atoms with Gasteiger partial charge in [-0.2, -0.15) is 0 Å². The maximum absolute atomic E-state index is 13.0. The monoisotopic (exact) mass is 1190 g/mol. The predicted octanol–water partition coefficient (Wildman–Crippen LogP) is 22.3. The number of nitrogens with zero attached hydrogens (tertiary/aromatic N) is 1. The molecule has 0 aliphatic heterocycles. The lowest BCUT2D eigenvalue weighted by molar-refractivity contribution is -0.870. The van der Waals surface area contributed by atoms with Crippen LogP contribution in [0.15, 0.2) is 97.2 Å². The molecule has 488 valence electrons. The third kappa shape index (κ3) is 66.9. The van der Waals surface area contributed by atoms with Gasteiger partial charge in [-0.05, 0) is 83.5 Å². The van der Waals surface area contributed by atoms with Crippen molar-refractivity contribution in [2.45, 2.75) is 334 Å². The summed E-state index contributed by atoms with van der Waals surface area (Å²) in [4.78, 5) is 25.6. The standard InChI is InChI=1S/C75H137N2O6P/c1-6-8-10-12-14-16-18-20-22-24-26-28-30-32-34-35-36-37-38-39-40-41-43-45-47-49-51-53-55-57-59-61-63-65-67-69-75(79)76-73(72-83-84(80,81)82-71-70-77(3,4)5)74(78)68-66-64-62-60-58-56-54-52-50-48-46-44-42-33-31-29-27-25-23-21-19-17-15-13-11-9-7-2/h8,10,14,16,20,22,26,28,32,34,36-37,58,60,66,68,73-74,78H,6-7,9,11-13,15,17-19,21,23-25,27,29-31,33,35,38-57,59,61-65,67,69-72H2,1-5H3,(H-,76,79,80,81)/b10-8-,16-14-,22-20-,28-26-,34-32-,37-36-,60-58+,68-66+. The van der Waals surface area contributed by atoms with E-state index in [1.54, 1.807) is 6.08 Å². The Bertz CT molecular complexity index is 1690. The smallest absolute Gasteiger partial charge is 0.268 e. The van der Waals surface area contributed by atoms with Gasteiger partial charge in [-0.1, -0.05) is 329 Å². The molecule has 0 aromatic rings. The minimum absolute atomic E-state index is 0.00857. The minimum Gasteiger partial charge on any atom is -0.756 e. The summed E-state index contributed by atoms with van der Waals surface area (Å²) in [5, 5.41) is 13.9. The summed E-state index contributed by atoms with van der Waals surface area (Å²) in [6.07, 6.45) is 93.9. The molecule has 2 N–H and O–H groups in total. The molecule has 0 rings (SSSR count). The molecule has 3 atom stereocenters. The molecule has 8 nitrogen and oxygen atoms in total. The van der Waals surface area contributed by atoms with Gasteiger partial charge in [0, 0.05) is 6.42 Å². The van der Waals surface area contributed by atoms with E-state index in [9.17, 15) is 19.4 Å². The number of carbonyl (C=O) groups is 1.